The highest BCUT2D eigenvalue weighted by Gasteiger charge is 2.00. The molecule has 0 bridgehead atoms. The lowest BCUT2D eigenvalue weighted by molar-refractivity contribution is 0.275. The molecule has 0 spiro atoms. The first-order chi connectivity index (χ1) is 13.9. The molecular weight excluding hydrogens is 383 g/mol. The summed E-state index contributed by atoms with van der Waals surface area (Å²) >= 11 is 0. The van der Waals surface area contributed by atoms with Crippen LogP contribution in [0.25, 0.3) is 22.3 Å². The van der Waals surface area contributed by atoms with Crippen molar-refractivity contribution >= 4 is 7.82 Å². The molecule has 4 aromatic carbocycles. The van der Waals surface area contributed by atoms with Gasteiger partial charge in [-0.25, -0.2) is 4.57 Å². The van der Waals surface area contributed by atoms with Crippen molar-refractivity contribution < 1.29 is 19.2 Å². The van der Waals surface area contributed by atoms with Gasteiger partial charge in [-0.3, -0.25) is 0 Å². The summed E-state index contributed by atoms with van der Waals surface area (Å²) in [5.41, 5.74) is 5.10. The Hall–Kier alpha value is -3.01. The lowest BCUT2D eigenvalue weighted by Crippen LogP contribution is -1.73. The topological polar surface area (TPSA) is 77.8 Å². The van der Waals surface area contributed by atoms with Crippen LogP contribution in [0.4, 0.5) is 0 Å². The van der Waals surface area contributed by atoms with Gasteiger partial charge in [-0.05, 0) is 22.3 Å². The minimum absolute atomic E-state index is 1.28. The highest BCUT2D eigenvalue weighted by molar-refractivity contribution is 7.45. The Balaban J connectivity index is 0.000000170. The number of hydrogen-bond acceptors (Lipinski definition) is 1. The van der Waals surface area contributed by atoms with Crippen LogP contribution < -0.4 is 0 Å². The van der Waals surface area contributed by atoms with Crippen molar-refractivity contribution in [2.75, 3.05) is 0 Å². The van der Waals surface area contributed by atoms with Crippen LogP contribution in [-0.2, 0) is 4.57 Å². The Morgan fingerprint density at radius 3 is 0.655 bits per heavy atom. The van der Waals surface area contributed by atoms with Crippen LogP contribution >= 0.6 is 7.82 Å². The summed E-state index contributed by atoms with van der Waals surface area (Å²) in [6.07, 6.45) is 0. The third kappa shape index (κ3) is 9.65. The molecule has 29 heavy (non-hydrogen) atoms. The number of hydrogen-bond donors (Lipinski definition) is 3. The van der Waals surface area contributed by atoms with Crippen molar-refractivity contribution in [2.24, 2.45) is 0 Å². The average molecular weight is 406 g/mol. The maximum absolute atomic E-state index is 8.88. The number of phosphoric acid groups is 1. The van der Waals surface area contributed by atoms with Crippen LogP contribution in [-0.4, -0.2) is 14.7 Å². The SMILES string of the molecule is O=P(O)(O)O.c1ccc(-c2ccccc2)cc1.c1ccc(-c2ccccc2)cc1. The first-order valence-corrected chi connectivity index (χ1v) is 10.5. The highest BCUT2D eigenvalue weighted by Crippen LogP contribution is 2.25. The average Bonchev–Trinajstić information content (AvgIpc) is 2.76. The van der Waals surface area contributed by atoms with Crippen LogP contribution in [0.1, 0.15) is 0 Å². The molecule has 0 amide bonds. The van der Waals surface area contributed by atoms with Gasteiger partial charge in [0.15, 0.2) is 0 Å². The lowest BCUT2D eigenvalue weighted by Gasteiger charge is -1.98. The summed E-state index contributed by atoms with van der Waals surface area (Å²) in [5, 5.41) is 0. The van der Waals surface area contributed by atoms with E-state index in [2.05, 4.69) is 97.1 Å². The van der Waals surface area contributed by atoms with Crippen LogP contribution in [0.3, 0.4) is 0 Å². The Morgan fingerprint density at radius 2 is 0.517 bits per heavy atom. The first-order valence-electron chi connectivity index (χ1n) is 8.93. The summed E-state index contributed by atoms with van der Waals surface area (Å²) < 4.78 is 8.88. The molecule has 4 nitrogen and oxygen atoms in total. The Labute approximate surface area is 171 Å². The Bertz CT molecular complexity index is 828. The van der Waals surface area contributed by atoms with Gasteiger partial charge in [0, 0.05) is 0 Å². The quantitative estimate of drug-likeness (QED) is 0.369. The molecule has 0 unspecified atom stereocenters. The third-order valence-electron chi connectivity index (χ3n) is 3.76. The van der Waals surface area contributed by atoms with Gasteiger partial charge < -0.3 is 14.7 Å². The zero-order chi connectivity index (χ0) is 21.0. The molecule has 4 aromatic rings. The van der Waals surface area contributed by atoms with Gasteiger partial charge in [-0.2, -0.15) is 0 Å². The van der Waals surface area contributed by atoms with E-state index < -0.39 is 7.82 Å². The van der Waals surface area contributed by atoms with E-state index in [0.717, 1.165) is 0 Å². The van der Waals surface area contributed by atoms with Crippen LogP contribution in [0.15, 0.2) is 121 Å². The lowest BCUT2D eigenvalue weighted by atomic mass is 10.1. The molecule has 0 saturated heterocycles. The minimum Gasteiger partial charge on any atom is -0.303 e. The summed E-state index contributed by atoms with van der Waals surface area (Å²) in [5.74, 6) is 0. The van der Waals surface area contributed by atoms with Gasteiger partial charge in [0.2, 0.25) is 0 Å². The molecule has 0 fully saturated rings. The summed E-state index contributed by atoms with van der Waals surface area (Å²) in [4.78, 5) is 21.6. The van der Waals surface area contributed by atoms with Gasteiger partial charge in [-0.15, -0.1) is 0 Å². The number of benzene rings is 4. The van der Waals surface area contributed by atoms with Crippen LogP contribution in [0.2, 0.25) is 0 Å². The summed E-state index contributed by atoms with van der Waals surface area (Å²) in [6, 6.07) is 41.6. The third-order valence-corrected chi connectivity index (χ3v) is 3.76. The van der Waals surface area contributed by atoms with Crippen LogP contribution in [0, 0.1) is 0 Å². The van der Waals surface area contributed by atoms with Crippen LogP contribution in [0.5, 0.6) is 0 Å². The fraction of sp³-hybridized carbons (Fsp3) is 0. The number of rotatable bonds is 2. The van der Waals surface area contributed by atoms with Crippen molar-refractivity contribution in [3.8, 4) is 22.3 Å². The van der Waals surface area contributed by atoms with E-state index in [9.17, 15) is 0 Å². The molecular formula is C24H23O4P. The Kier molecular flexibility index (Phi) is 9.03. The van der Waals surface area contributed by atoms with E-state index >= 15 is 0 Å². The van der Waals surface area contributed by atoms with E-state index in [0.29, 0.717) is 0 Å². The summed E-state index contributed by atoms with van der Waals surface area (Å²) in [7, 11) is -4.64. The summed E-state index contributed by atoms with van der Waals surface area (Å²) in [6.45, 7) is 0. The monoisotopic (exact) mass is 406 g/mol. The smallest absolute Gasteiger partial charge is 0.303 e. The van der Waals surface area contributed by atoms with Gasteiger partial charge >= 0.3 is 7.82 Å². The zero-order valence-electron chi connectivity index (χ0n) is 15.7. The molecule has 0 aliphatic rings. The van der Waals surface area contributed by atoms with Gasteiger partial charge in [0.05, 0.1) is 0 Å². The van der Waals surface area contributed by atoms with Gasteiger partial charge in [0.1, 0.15) is 0 Å². The molecule has 0 radical (unpaired) electrons. The molecule has 0 saturated carbocycles. The van der Waals surface area contributed by atoms with Crippen molar-refractivity contribution in [1.82, 2.24) is 0 Å². The molecule has 148 valence electrons. The molecule has 5 heteroatoms. The predicted molar refractivity (Wildman–Crippen MR) is 118 cm³/mol. The van der Waals surface area contributed by atoms with E-state index in [1.165, 1.54) is 22.3 Å². The molecule has 4 rings (SSSR count). The zero-order valence-corrected chi connectivity index (χ0v) is 16.6. The largest absolute Gasteiger partial charge is 0.466 e. The maximum atomic E-state index is 8.88. The predicted octanol–water partition coefficient (Wildman–Crippen LogP) is 5.78. The van der Waals surface area contributed by atoms with E-state index in [-0.39, 0.29) is 0 Å². The second-order valence-electron chi connectivity index (χ2n) is 5.98. The molecule has 0 aromatic heterocycles. The maximum Gasteiger partial charge on any atom is 0.466 e. The van der Waals surface area contributed by atoms with Crippen molar-refractivity contribution in [3.63, 3.8) is 0 Å². The van der Waals surface area contributed by atoms with Crippen molar-refractivity contribution in [1.29, 1.82) is 0 Å². The van der Waals surface area contributed by atoms with E-state index in [1.807, 2.05) is 24.3 Å². The minimum atomic E-state index is -4.64. The van der Waals surface area contributed by atoms with E-state index in [1.54, 1.807) is 0 Å². The standard InChI is InChI=1S/2C12H10.H3O4P/c2*1-3-7-11(8-4-1)12-9-5-2-6-10-12;1-5(2,3)4/h2*1-10H;(H3,1,2,3,4). The Morgan fingerprint density at radius 1 is 0.379 bits per heavy atom. The second-order valence-corrected chi connectivity index (χ2v) is 7.00. The fourth-order valence-corrected chi connectivity index (χ4v) is 2.52. The van der Waals surface area contributed by atoms with Crippen molar-refractivity contribution in [2.45, 2.75) is 0 Å². The normalized spacial score (nSPS) is 10.0. The molecule has 0 aliphatic heterocycles. The van der Waals surface area contributed by atoms with Crippen molar-refractivity contribution in [3.05, 3.63) is 121 Å². The highest BCUT2D eigenvalue weighted by atomic mass is 31.2. The van der Waals surface area contributed by atoms with E-state index in [4.69, 9.17) is 19.2 Å². The molecule has 0 atom stereocenters. The fourth-order valence-electron chi connectivity index (χ4n) is 2.52. The van der Waals surface area contributed by atoms with Gasteiger partial charge in [0.25, 0.3) is 0 Å². The van der Waals surface area contributed by atoms with Gasteiger partial charge in [-0.1, -0.05) is 121 Å². The second kappa shape index (κ2) is 11.7. The molecule has 0 heterocycles. The molecule has 3 N–H and O–H groups in total. The molecule has 0 aliphatic carbocycles. The first kappa shape index (κ1) is 22.3.